The van der Waals surface area contributed by atoms with Crippen LogP contribution in [-0.2, 0) is 16.4 Å². The van der Waals surface area contributed by atoms with Gasteiger partial charge in [0, 0.05) is 12.0 Å². The zero-order valence-electron chi connectivity index (χ0n) is 13.1. The quantitative estimate of drug-likeness (QED) is 0.938. The number of fused-ring (bicyclic) bond motifs is 3. The molecule has 4 nitrogen and oxygen atoms in total. The molecular formula is C18H19NO3S. The second-order valence-corrected chi connectivity index (χ2v) is 8.08. The largest absolute Gasteiger partial charge is 0.495 e. The summed E-state index contributed by atoms with van der Waals surface area (Å²) < 4.78 is 33.6. The highest BCUT2D eigenvalue weighted by atomic mass is 32.2. The van der Waals surface area contributed by atoms with E-state index >= 15 is 0 Å². The Morgan fingerprint density at radius 3 is 2.74 bits per heavy atom. The van der Waals surface area contributed by atoms with Gasteiger partial charge in [-0.05, 0) is 48.1 Å². The Hall–Kier alpha value is -1.85. The van der Waals surface area contributed by atoms with Gasteiger partial charge < -0.3 is 4.74 Å². The molecule has 2 aliphatic rings. The van der Waals surface area contributed by atoms with Crippen molar-refractivity contribution in [1.29, 1.82) is 0 Å². The molecule has 2 aromatic carbocycles. The Labute approximate surface area is 136 Å². The standard InChI is InChI=1S/C18H19NO3S/c1-11-7-8-15(22-2)16(9-11)23(20,21)19-18-14-10-12-5-3-4-6-13(12)17(14)18/h3-9,14,17-19H,10H2,1-2H3/t14-,17-,18-/m1/s1. The lowest BCUT2D eigenvalue weighted by Crippen LogP contribution is -2.29. The second-order valence-electron chi connectivity index (χ2n) is 6.39. The van der Waals surface area contributed by atoms with Crippen molar-refractivity contribution in [2.45, 2.75) is 30.2 Å². The first-order valence-corrected chi connectivity index (χ1v) is 9.24. The van der Waals surface area contributed by atoms with E-state index in [0.29, 0.717) is 17.6 Å². The Morgan fingerprint density at radius 2 is 1.96 bits per heavy atom. The maximum absolute atomic E-state index is 12.8. The van der Waals surface area contributed by atoms with Crippen LogP contribution >= 0.6 is 0 Å². The molecule has 0 unspecified atom stereocenters. The number of aryl methyl sites for hydroxylation is 1. The molecule has 0 saturated heterocycles. The molecule has 1 N–H and O–H groups in total. The summed E-state index contributed by atoms with van der Waals surface area (Å²) in [6.07, 6.45) is 0.957. The van der Waals surface area contributed by atoms with Crippen molar-refractivity contribution in [3.63, 3.8) is 0 Å². The van der Waals surface area contributed by atoms with Crippen LogP contribution in [0, 0.1) is 12.8 Å². The number of sulfonamides is 1. The molecule has 23 heavy (non-hydrogen) atoms. The van der Waals surface area contributed by atoms with Crippen LogP contribution in [0.4, 0.5) is 0 Å². The van der Waals surface area contributed by atoms with E-state index in [9.17, 15) is 8.42 Å². The summed E-state index contributed by atoms with van der Waals surface area (Å²) in [7, 11) is -2.09. The normalized spacial score (nSPS) is 24.9. The molecule has 120 valence electrons. The average Bonchev–Trinajstić information content (AvgIpc) is 3.03. The first-order chi connectivity index (χ1) is 11.0. The van der Waals surface area contributed by atoms with Crippen LogP contribution in [0.5, 0.6) is 5.75 Å². The third-order valence-electron chi connectivity index (χ3n) is 4.94. The van der Waals surface area contributed by atoms with Crippen LogP contribution in [0.15, 0.2) is 47.4 Å². The van der Waals surface area contributed by atoms with E-state index in [1.165, 1.54) is 18.2 Å². The Balaban J connectivity index is 1.60. The van der Waals surface area contributed by atoms with E-state index in [1.807, 2.05) is 25.1 Å². The maximum atomic E-state index is 12.8. The molecule has 4 rings (SSSR count). The topological polar surface area (TPSA) is 55.4 Å². The molecule has 3 atom stereocenters. The molecule has 2 aromatic rings. The molecular weight excluding hydrogens is 310 g/mol. The molecule has 0 spiro atoms. The van der Waals surface area contributed by atoms with Crippen LogP contribution in [-0.4, -0.2) is 21.6 Å². The minimum absolute atomic E-state index is 0.000110. The number of hydrogen-bond donors (Lipinski definition) is 1. The zero-order chi connectivity index (χ0) is 16.2. The van der Waals surface area contributed by atoms with Gasteiger partial charge in [0.15, 0.2) is 0 Å². The fourth-order valence-corrected chi connectivity index (χ4v) is 5.31. The van der Waals surface area contributed by atoms with Crippen molar-refractivity contribution in [3.05, 3.63) is 59.2 Å². The Bertz CT molecular complexity index is 876. The van der Waals surface area contributed by atoms with E-state index in [1.54, 1.807) is 12.1 Å². The van der Waals surface area contributed by atoms with Crippen molar-refractivity contribution >= 4 is 10.0 Å². The smallest absolute Gasteiger partial charge is 0.244 e. The minimum atomic E-state index is -3.58. The van der Waals surface area contributed by atoms with Crippen molar-refractivity contribution in [2.75, 3.05) is 7.11 Å². The molecule has 5 heteroatoms. The molecule has 0 amide bonds. The second kappa shape index (κ2) is 5.08. The van der Waals surface area contributed by atoms with Gasteiger partial charge in [0.25, 0.3) is 0 Å². The molecule has 0 bridgehead atoms. The van der Waals surface area contributed by atoms with Crippen LogP contribution in [0.25, 0.3) is 0 Å². The minimum Gasteiger partial charge on any atom is -0.495 e. The highest BCUT2D eigenvalue weighted by Crippen LogP contribution is 2.56. The van der Waals surface area contributed by atoms with Crippen LogP contribution in [0.1, 0.15) is 22.6 Å². The van der Waals surface area contributed by atoms with Gasteiger partial charge in [-0.3, -0.25) is 0 Å². The van der Waals surface area contributed by atoms with Gasteiger partial charge in [-0.15, -0.1) is 0 Å². The number of benzene rings is 2. The first kappa shape index (κ1) is 14.7. The summed E-state index contributed by atoms with van der Waals surface area (Å²) in [5.74, 6) is 1.09. The lowest BCUT2D eigenvalue weighted by molar-refractivity contribution is 0.402. The highest BCUT2D eigenvalue weighted by Gasteiger charge is 2.57. The van der Waals surface area contributed by atoms with Gasteiger partial charge in [0.05, 0.1) is 7.11 Å². The average molecular weight is 329 g/mol. The molecule has 0 radical (unpaired) electrons. The van der Waals surface area contributed by atoms with Gasteiger partial charge >= 0.3 is 0 Å². The summed E-state index contributed by atoms with van der Waals surface area (Å²) in [6.45, 7) is 1.88. The molecule has 2 aliphatic carbocycles. The molecule has 0 aromatic heterocycles. The van der Waals surface area contributed by atoms with E-state index in [4.69, 9.17) is 4.74 Å². The zero-order valence-corrected chi connectivity index (χ0v) is 13.9. The van der Waals surface area contributed by atoms with Gasteiger partial charge in [-0.25, -0.2) is 13.1 Å². The van der Waals surface area contributed by atoms with Gasteiger partial charge in [-0.2, -0.15) is 0 Å². The number of nitrogens with one attached hydrogen (secondary N) is 1. The van der Waals surface area contributed by atoms with Gasteiger partial charge in [0.2, 0.25) is 10.0 Å². The molecule has 1 saturated carbocycles. The van der Waals surface area contributed by atoms with Gasteiger partial charge in [0.1, 0.15) is 10.6 Å². The third kappa shape index (κ3) is 2.35. The van der Waals surface area contributed by atoms with Crippen LogP contribution in [0.2, 0.25) is 0 Å². The summed E-state index contributed by atoms with van der Waals surface area (Å²) >= 11 is 0. The molecule has 1 fully saturated rings. The summed E-state index contributed by atoms with van der Waals surface area (Å²) in [6, 6.07) is 13.5. The number of rotatable bonds is 4. The Kier molecular flexibility index (Phi) is 3.25. The lowest BCUT2D eigenvalue weighted by Gasteiger charge is -2.13. The van der Waals surface area contributed by atoms with E-state index in [0.717, 1.165) is 12.0 Å². The van der Waals surface area contributed by atoms with E-state index < -0.39 is 10.0 Å². The Morgan fingerprint density at radius 1 is 1.17 bits per heavy atom. The van der Waals surface area contributed by atoms with Crippen molar-refractivity contribution in [1.82, 2.24) is 4.72 Å². The van der Waals surface area contributed by atoms with Crippen molar-refractivity contribution in [3.8, 4) is 5.75 Å². The fraction of sp³-hybridized carbons (Fsp3) is 0.333. The van der Waals surface area contributed by atoms with Crippen molar-refractivity contribution in [2.24, 2.45) is 5.92 Å². The number of methoxy groups -OCH3 is 1. The van der Waals surface area contributed by atoms with Gasteiger partial charge in [-0.1, -0.05) is 30.3 Å². The van der Waals surface area contributed by atoms with Crippen LogP contribution in [0.3, 0.4) is 0 Å². The molecule has 0 heterocycles. The predicted molar refractivity (Wildman–Crippen MR) is 88.2 cm³/mol. The lowest BCUT2D eigenvalue weighted by atomic mass is 10.1. The maximum Gasteiger partial charge on any atom is 0.244 e. The first-order valence-electron chi connectivity index (χ1n) is 7.76. The summed E-state index contributed by atoms with van der Waals surface area (Å²) in [4.78, 5) is 0.221. The predicted octanol–water partition coefficient (Wildman–Crippen LogP) is 2.62. The number of ether oxygens (including phenoxy) is 1. The third-order valence-corrected chi connectivity index (χ3v) is 6.42. The molecule has 0 aliphatic heterocycles. The monoisotopic (exact) mass is 329 g/mol. The summed E-state index contributed by atoms with van der Waals surface area (Å²) in [5, 5.41) is 0. The number of hydrogen-bond acceptors (Lipinski definition) is 3. The highest BCUT2D eigenvalue weighted by molar-refractivity contribution is 7.89. The fourth-order valence-electron chi connectivity index (χ4n) is 3.75. The van der Waals surface area contributed by atoms with E-state index in [-0.39, 0.29) is 10.9 Å². The van der Waals surface area contributed by atoms with Crippen LogP contribution < -0.4 is 9.46 Å². The summed E-state index contributed by atoms with van der Waals surface area (Å²) in [5.41, 5.74) is 3.54. The SMILES string of the molecule is COc1ccc(C)cc1S(=O)(=O)N[C@@H]1[C@@H]2Cc3ccccc3[C@H]21. The van der Waals surface area contributed by atoms with Crippen molar-refractivity contribution < 1.29 is 13.2 Å². The van der Waals surface area contributed by atoms with E-state index in [2.05, 4.69) is 16.9 Å².